The summed E-state index contributed by atoms with van der Waals surface area (Å²) in [5, 5.41) is 11.7. The molecular formula is C16H24N2O2. The van der Waals surface area contributed by atoms with Crippen LogP contribution in [0.2, 0.25) is 0 Å². The van der Waals surface area contributed by atoms with E-state index in [2.05, 4.69) is 38.1 Å². The van der Waals surface area contributed by atoms with Gasteiger partial charge in [-0.05, 0) is 48.9 Å². The van der Waals surface area contributed by atoms with Crippen molar-refractivity contribution in [1.29, 1.82) is 0 Å². The molecule has 0 unspecified atom stereocenters. The second kappa shape index (κ2) is 5.73. The van der Waals surface area contributed by atoms with Gasteiger partial charge in [0, 0.05) is 11.8 Å². The molecule has 1 aromatic rings. The normalized spacial score (nSPS) is 17.3. The molecule has 1 aliphatic rings. The van der Waals surface area contributed by atoms with E-state index in [1.54, 1.807) is 0 Å². The van der Waals surface area contributed by atoms with Crippen molar-refractivity contribution < 1.29 is 9.94 Å². The Morgan fingerprint density at radius 3 is 2.65 bits per heavy atom. The van der Waals surface area contributed by atoms with Crippen molar-refractivity contribution in [3.63, 3.8) is 0 Å². The topological polar surface area (TPSA) is 67.8 Å². The monoisotopic (exact) mass is 276 g/mol. The summed E-state index contributed by atoms with van der Waals surface area (Å²) in [7, 11) is 0. The highest BCUT2D eigenvalue weighted by atomic mass is 16.5. The Morgan fingerprint density at radius 1 is 1.45 bits per heavy atom. The van der Waals surface area contributed by atoms with Gasteiger partial charge in [0.25, 0.3) is 0 Å². The van der Waals surface area contributed by atoms with Gasteiger partial charge in [-0.15, -0.1) is 0 Å². The minimum absolute atomic E-state index is 0.0704. The molecule has 1 saturated carbocycles. The van der Waals surface area contributed by atoms with Crippen molar-refractivity contribution in [3.8, 4) is 5.75 Å². The molecule has 4 nitrogen and oxygen atoms in total. The molecule has 0 atom stereocenters. The van der Waals surface area contributed by atoms with Gasteiger partial charge in [-0.2, -0.15) is 0 Å². The third kappa shape index (κ3) is 3.44. The average molecular weight is 276 g/mol. The number of amidine groups is 1. The van der Waals surface area contributed by atoms with Gasteiger partial charge in [0.05, 0.1) is 6.61 Å². The summed E-state index contributed by atoms with van der Waals surface area (Å²) >= 11 is 0. The quantitative estimate of drug-likeness (QED) is 0.362. The lowest BCUT2D eigenvalue weighted by Gasteiger charge is -2.17. The fourth-order valence-electron chi connectivity index (χ4n) is 2.59. The molecule has 0 aromatic heterocycles. The van der Waals surface area contributed by atoms with Crippen LogP contribution in [0.25, 0.3) is 0 Å². The van der Waals surface area contributed by atoms with Crippen LogP contribution >= 0.6 is 0 Å². The smallest absolute Gasteiger partial charge is 0.139 e. The largest absolute Gasteiger partial charge is 0.493 e. The summed E-state index contributed by atoms with van der Waals surface area (Å²) in [5.41, 5.74) is 8.28. The number of rotatable bonds is 6. The lowest BCUT2D eigenvalue weighted by Crippen LogP contribution is -2.22. The maximum Gasteiger partial charge on any atom is 0.139 e. The van der Waals surface area contributed by atoms with E-state index in [9.17, 15) is 0 Å². The number of ether oxygens (including phenoxy) is 1. The van der Waals surface area contributed by atoms with Gasteiger partial charge in [-0.25, -0.2) is 0 Å². The summed E-state index contributed by atoms with van der Waals surface area (Å²) in [6, 6.07) is 6.26. The highest BCUT2D eigenvalue weighted by Crippen LogP contribution is 2.49. The highest BCUT2D eigenvalue weighted by Gasteiger charge is 2.44. The van der Waals surface area contributed by atoms with E-state index in [1.807, 2.05) is 6.07 Å². The molecule has 0 amide bonds. The lowest BCUT2D eigenvalue weighted by molar-refractivity contribution is 0.236. The van der Waals surface area contributed by atoms with Crippen LogP contribution in [0.3, 0.4) is 0 Å². The number of nitrogens with zero attached hydrogens (tertiary/aromatic N) is 1. The number of hydrogen-bond acceptors (Lipinski definition) is 3. The Balaban J connectivity index is 1.96. The summed E-state index contributed by atoms with van der Waals surface area (Å²) in [4.78, 5) is 0. The third-order valence-corrected chi connectivity index (χ3v) is 4.05. The average Bonchev–Trinajstić information content (AvgIpc) is 3.16. The molecule has 1 aromatic carbocycles. The van der Waals surface area contributed by atoms with Crippen LogP contribution in [-0.2, 0) is 0 Å². The lowest BCUT2D eigenvalue weighted by atomic mass is 9.98. The molecule has 3 N–H and O–H groups in total. The van der Waals surface area contributed by atoms with Crippen LogP contribution in [0.1, 0.15) is 50.2 Å². The standard InChI is InChI=1S/C16H24N2O2/c1-11(2)14-5-4-13(8-12(14)3)20-10-16(6-7-16)9-15(17)18-19/h4-5,8,11,19H,6-7,9-10H2,1-3H3,(H2,17,18). The van der Waals surface area contributed by atoms with Crippen LogP contribution in [0.5, 0.6) is 5.75 Å². The number of nitrogens with two attached hydrogens (primary N) is 1. The van der Waals surface area contributed by atoms with Gasteiger partial charge in [0.2, 0.25) is 0 Å². The zero-order valence-electron chi connectivity index (χ0n) is 12.5. The first-order valence-corrected chi connectivity index (χ1v) is 7.15. The molecule has 4 heteroatoms. The summed E-state index contributed by atoms with van der Waals surface area (Å²) in [6.45, 7) is 7.13. The van der Waals surface area contributed by atoms with Crippen molar-refractivity contribution in [2.45, 2.75) is 46.0 Å². The van der Waals surface area contributed by atoms with Crippen molar-refractivity contribution in [3.05, 3.63) is 29.3 Å². The van der Waals surface area contributed by atoms with Gasteiger partial charge >= 0.3 is 0 Å². The van der Waals surface area contributed by atoms with Crippen LogP contribution < -0.4 is 10.5 Å². The SMILES string of the molecule is Cc1cc(OCC2(CC(N)=NO)CC2)ccc1C(C)C. The second-order valence-electron chi connectivity index (χ2n) is 6.23. The fourth-order valence-corrected chi connectivity index (χ4v) is 2.59. The van der Waals surface area contributed by atoms with Gasteiger partial charge in [-0.1, -0.05) is 25.1 Å². The molecular weight excluding hydrogens is 252 g/mol. The van der Waals surface area contributed by atoms with E-state index < -0.39 is 0 Å². The predicted octanol–water partition coefficient (Wildman–Crippen LogP) is 3.41. The maximum absolute atomic E-state index is 8.65. The minimum atomic E-state index is 0.0704. The molecule has 0 aliphatic heterocycles. The van der Waals surface area contributed by atoms with Gasteiger partial charge in [0.1, 0.15) is 11.6 Å². The molecule has 1 fully saturated rings. The molecule has 0 heterocycles. The Hall–Kier alpha value is -1.71. The Labute approximate surface area is 120 Å². The first-order chi connectivity index (χ1) is 9.46. The van der Waals surface area contributed by atoms with E-state index in [0.717, 1.165) is 18.6 Å². The van der Waals surface area contributed by atoms with Crippen molar-refractivity contribution in [2.24, 2.45) is 16.3 Å². The number of aryl methyl sites for hydroxylation is 1. The van der Waals surface area contributed by atoms with Crippen LogP contribution in [0, 0.1) is 12.3 Å². The zero-order chi connectivity index (χ0) is 14.8. The fraction of sp³-hybridized carbons (Fsp3) is 0.562. The third-order valence-electron chi connectivity index (χ3n) is 4.05. The molecule has 2 rings (SSSR count). The number of hydrogen-bond donors (Lipinski definition) is 2. The van der Waals surface area contributed by atoms with E-state index in [-0.39, 0.29) is 11.3 Å². The Kier molecular flexibility index (Phi) is 4.21. The molecule has 1 aliphatic carbocycles. The number of benzene rings is 1. The molecule has 0 bridgehead atoms. The molecule has 0 saturated heterocycles. The first-order valence-electron chi connectivity index (χ1n) is 7.15. The van der Waals surface area contributed by atoms with Crippen molar-refractivity contribution in [2.75, 3.05) is 6.61 Å². The van der Waals surface area contributed by atoms with Crippen molar-refractivity contribution >= 4 is 5.84 Å². The molecule has 20 heavy (non-hydrogen) atoms. The van der Waals surface area contributed by atoms with E-state index in [1.165, 1.54) is 11.1 Å². The summed E-state index contributed by atoms with van der Waals surface area (Å²) < 4.78 is 5.90. The molecule has 110 valence electrons. The summed E-state index contributed by atoms with van der Waals surface area (Å²) in [6.07, 6.45) is 2.76. The van der Waals surface area contributed by atoms with Crippen LogP contribution in [-0.4, -0.2) is 17.6 Å². The van der Waals surface area contributed by atoms with Gasteiger partial charge in [0.15, 0.2) is 0 Å². The Bertz CT molecular complexity index is 505. The molecule has 0 spiro atoms. The van der Waals surface area contributed by atoms with Crippen LogP contribution in [0.15, 0.2) is 23.4 Å². The van der Waals surface area contributed by atoms with Gasteiger partial charge in [-0.3, -0.25) is 0 Å². The number of oxime groups is 1. The highest BCUT2D eigenvalue weighted by molar-refractivity contribution is 5.80. The molecule has 0 radical (unpaired) electrons. The minimum Gasteiger partial charge on any atom is -0.493 e. The van der Waals surface area contributed by atoms with Crippen molar-refractivity contribution in [1.82, 2.24) is 0 Å². The van der Waals surface area contributed by atoms with E-state index in [4.69, 9.17) is 15.7 Å². The first kappa shape index (κ1) is 14.7. The Morgan fingerprint density at radius 2 is 2.15 bits per heavy atom. The summed E-state index contributed by atoms with van der Waals surface area (Å²) in [5.74, 6) is 1.72. The predicted molar refractivity (Wildman–Crippen MR) is 80.5 cm³/mol. The van der Waals surface area contributed by atoms with Gasteiger partial charge < -0.3 is 15.7 Å². The van der Waals surface area contributed by atoms with Crippen LogP contribution in [0.4, 0.5) is 0 Å². The van der Waals surface area contributed by atoms with E-state index >= 15 is 0 Å². The second-order valence-corrected chi connectivity index (χ2v) is 6.23. The zero-order valence-corrected chi connectivity index (χ0v) is 12.5. The van der Waals surface area contributed by atoms with E-state index in [0.29, 0.717) is 18.9 Å². The maximum atomic E-state index is 8.65.